The molecule has 0 unspecified atom stereocenters. The molecule has 22 heavy (non-hydrogen) atoms. The number of likely N-dealkylation sites (N-methyl/N-ethyl adjacent to an activating group) is 2. The molecule has 6 heteroatoms. The molecule has 1 amide bonds. The summed E-state index contributed by atoms with van der Waals surface area (Å²) in [5.41, 5.74) is 9.00. The first-order valence-corrected chi connectivity index (χ1v) is 8.12. The van der Waals surface area contributed by atoms with E-state index in [2.05, 4.69) is 40.6 Å². The van der Waals surface area contributed by atoms with Gasteiger partial charge in [0.05, 0.1) is 5.56 Å². The van der Waals surface area contributed by atoms with Crippen molar-refractivity contribution in [3.8, 4) is 0 Å². The fourth-order valence-corrected chi connectivity index (χ4v) is 3.52. The molecule has 0 bridgehead atoms. The first kappa shape index (κ1) is 15.0. The van der Waals surface area contributed by atoms with Crippen molar-refractivity contribution in [1.29, 1.82) is 0 Å². The van der Waals surface area contributed by atoms with Crippen LogP contribution in [-0.4, -0.2) is 46.8 Å². The predicted octanol–water partition coefficient (Wildman–Crippen LogP) is 1.85. The molecule has 2 N–H and O–H groups in total. The van der Waals surface area contributed by atoms with Crippen molar-refractivity contribution < 1.29 is 4.79 Å². The van der Waals surface area contributed by atoms with Gasteiger partial charge in [0.15, 0.2) is 0 Å². The van der Waals surface area contributed by atoms with Crippen LogP contribution in [-0.2, 0) is 13.0 Å². The number of hydrogen-bond donors (Lipinski definition) is 1. The number of aromatic nitrogens is 1. The minimum Gasteiger partial charge on any atom is -0.382 e. The normalized spacial score (nSPS) is 18.0. The van der Waals surface area contributed by atoms with E-state index >= 15 is 0 Å². The lowest BCUT2D eigenvalue weighted by Gasteiger charge is -2.36. The van der Waals surface area contributed by atoms with Gasteiger partial charge in [0.1, 0.15) is 5.82 Å². The van der Waals surface area contributed by atoms with Gasteiger partial charge >= 0.3 is 0 Å². The number of anilines is 1. The Labute approximate surface area is 134 Å². The van der Waals surface area contributed by atoms with Gasteiger partial charge in [-0.3, -0.25) is 9.69 Å². The second kappa shape index (κ2) is 6.06. The third-order valence-electron chi connectivity index (χ3n) is 4.28. The summed E-state index contributed by atoms with van der Waals surface area (Å²) < 4.78 is 3.97. The number of rotatable bonds is 3. The highest BCUT2D eigenvalue weighted by atomic mass is 32.1. The molecule has 1 aliphatic heterocycles. The van der Waals surface area contributed by atoms with Crippen molar-refractivity contribution in [2.24, 2.45) is 0 Å². The van der Waals surface area contributed by atoms with Gasteiger partial charge in [-0.2, -0.15) is 4.37 Å². The molecule has 0 saturated heterocycles. The zero-order chi connectivity index (χ0) is 15.7. The molecule has 2 heterocycles. The first-order chi connectivity index (χ1) is 10.6. The predicted molar refractivity (Wildman–Crippen MR) is 88.9 cm³/mol. The van der Waals surface area contributed by atoms with E-state index in [1.165, 1.54) is 22.7 Å². The Morgan fingerprint density at radius 1 is 1.45 bits per heavy atom. The summed E-state index contributed by atoms with van der Waals surface area (Å²) in [4.78, 5) is 16.5. The van der Waals surface area contributed by atoms with E-state index in [0.717, 1.165) is 13.0 Å². The SMILES string of the molecule is CN(C[C@@H]1Cc2ccccc2CN1C)C(=O)c1csnc1N. The molecule has 5 nitrogen and oxygen atoms in total. The number of nitrogens with two attached hydrogens (primary N) is 1. The van der Waals surface area contributed by atoms with Gasteiger partial charge in [0.25, 0.3) is 5.91 Å². The lowest BCUT2D eigenvalue weighted by molar-refractivity contribution is 0.0735. The van der Waals surface area contributed by atoms with Gasteiger partial charge in [0.2, 0.25) is 0 Å². The minimum atomic E-state index is -0.0569. The molecule has 0 spiro atoms. The molecule has 0 saturated carbocycles. The number of fused-ring (bicyclic) bond motifs is 1. The highest BCUT2D eigenvalue weighted by molar-refractivity contribution is 7.04. The Morgan fingerprint density at radius 3 is 2.86 bits per heavy atom. The molecular formula is C16H20N4OS. The first-order valence-electron chi connectivity index (χ1n) is 7.28. The lowest BCUT2D eigenvalue weighted by Crippen LogP contribution is -2.46. The Kier molecular flexibility index (Phi) is 4.13. The van der Waals surface area contributed by atoms with E-state index in [9.17, 15) is 4.79 Å². The summed E-state index contributed by atoms with van der Waals surface area (Å²) in [6, 6.07) is 8.83. The molecule has 2 aromatic rings. The van der Waals surface area contributed by atoms with Crippen LogP contribution in [0, 0.1) is 0 Å². The molecule has 1 aromatic carbocycles. The molecule has 0 radical (unpaired) electrons. The monoisotopic (exact) mass is 316 g/mol. The largest absolute Gasteiger partial charge is 0.382 e. The number of amides is 1. The van der Waals surface area contributed by atoms with Crippen molar-refractivity contribution in [2.45, 2.75) is 19.0 Å². The Balaban J connectivity index is 1.71. The Bertz CT molecular complexity index is 684. The number of hydrogen-bond acceptors (Lipinski definition) is 5. The summed E-state index contributed by atoms with van der Waals surface area (Å²) >= 11 is 1.22. The standard InChI is InChI=1S/C16H20N4OS/c1-19-8-12-6-4-3-5-11(12)7-13(19)9-20(2)16(21)14-10-22-18-15(14)17/h3-6,10,13H,7-9H2,1-2H3,(H2,17,18)/t13-/m0/s1. The Morgan fingerprint density at radius 2 is 2.18 bits per heavy atom. The number of carbonyl (C=O) groups is 1. The highest BCUT2D eigenvalue weighted by Gasteiger charge is 2.26. The van der Waals surface area contributed by atoms with E-state index < -0.39 is 0 Å². The van der Waals surface area contributed by atoms with Crippen LogP contribution in [0.3, 0.4) is 0 Å². The van der Waals surface area contributed by atoms with Crippen LogP contribution in [0.25, 0.3) is 0 Å². The summed E-state index contributed by atoms with van der Waals surface area (Å²) in [5.74, 6) is 0.266. The zero-order valence-corrected chi connectivity index (χ0v) is 13.6. The highest BCUT2D eigenvalue weighted by Crippen LogP contribution is 2.23. The maximum Gasteiger partial charge on any atom is 0.258 e. The molecule has 0 aliphatic carbocycles. The minimum absolute atomic E-state index is 0.0569. The van der Waals surface area contributed by atoms with Gasteiger partial charge in [-0.15, -0.1) is 0 Å². The van der Waals surface area contributed by atoms with Crippen molar-refractivity contribution in [3.63, 3.8) is 0 Å². The van der Waals surface area contributed by atoms with Crippen molar-refractivity contribution in [2.75, 3.05) is 26.4 Å². The molecule has 116 valence electrons. The van der Waals surface area contributed by atoms with E-state index in [1.54, 1.807) is 10.3 Å². The fourth-order valence-electron chi connectivity index (χ4n) is 2.93. The maximum absolute atomic E-state index is 12.4. The molecule has 1 aliphatic rings. The summed E-state index contributed by atoms with van der Waals surface area (Å²) in [6.07, 6.45) is 0.960. The number of nitrogen functional groups attached to an aromatic ring is 1. The van der Waals surface area contributed by atoms with Gasteiger partial charge in [-0.05, 0) is 36.1 Å². The van der Waals surface area contributed by atoms with Crippen LogP contribution >= 0.6 is 11.5 Å². The quantitative estimate of drug-likeness (QED) is 0.939. The van der Waals surface area contributed by atoms with Crippen LogP contribution in [0.2, 0.25) is 0 Å². The van der Waals surface area contributed by atoms with E-state index in [0.29, 0.717) is 24.0 Å². The van der Waals surface area contributed by atoms with E-state index in [1.807, 2.05) is 7.05 Å². The molecular weight excluding hydrogens is 296 g/mol. The summed E-state index contributed by atoms with van der Waals surface area (Å²) in [6.45, 7) is 1.60. The van der Waals surface area contributed by atoms with Gasteiger partial charge in [-0.1, -0.05) is 24.3 Å². The second-order valence-corrected chi connectivity index (χ2v) is 6.47. The second-order valence-electron chi connectivity index (χ2n) is 5.84. The van der Waals surface area contributed by atoms with Crippen molar-refractivity contribution >= 4 is 23.3 Å². The van der Waals surface area contributed by atoms with Crippen molar-refractivity contribution in [3.05, 3.63) is 46.3 Å². The van der Waals surface area contributed by atoms with Crippen LogP contribution in [0.5, 0.6) is 0 Å². The molecule has 3 rings (SSSR count). The maximum atomic E-state index is 12.4. The van der Waals surface area contributed by atoms with E-state index in [4.69, 9.17) is 5.73 Å². The van der Waals surface area contributed by atoms with E-state index in [-0.39, 0.29) is 5.91 Å². The average molecular weight is 316 g/mol. The third kappa shape index (κ3) is 2.84. The smallest absolute Gasteiger partial charge is 0.258 e. The number of carbonyl (C=O) groups excluding carboxylic acids is 1. The lowest BCUT2D eigenvalue weighted by atomic mass is 9.94. The van der Waals surface area contributed by atoms with Crippen LogP contribution in [0.1, 0.15) is 21.5 Å². The van der Waals surface area contributed by atoms with Gasteiger partial charge < -0.3 is 10.6 Å². The molecule has 1 atom stereocenters. The summed E-state index contributed by atoms with van der Waals surface area (Å²) in [7, 11) is 3.94. The topological polar surface area (TPSA) is 62.5 Å². The average Bonchev–Trinajstić information content (AvgIpc) is 2.93. The number of benzene rings is 1. The third-order valence-corrected chi connectivity index (χ3v) is 4.92. The van der Waals surface area contributed by atoms with Crippen LogP contribution in [0.15, 0.2) is 29.6 Å². The molecule has 1 aromatic heterocycles. The van der Waals surface area contributed by atoms with Crippen molar-refractivity contribution in [1.82, 2.24) is 14.2 Å². The molecule has 0 fully saturated rings. The number of nitrogens with zero attached hydrogens (tertiary/aromatic N) is 3. The fraction of sp³-hybridized carbons (Fsp3) is 0.375. The van der Waals surface area contributed by atoms with Crippen LogP contribution in [0.4, 0.5) is 5.82 Å². The Hall–Kier alpha value is -1.92. The van der Waals surface area contributed by atoms with Gasteiger partial charge in [0, 0.05) is 31.6 Å². The zero-order valence-electron chi connectivity index (χ0n) is 12.8. The van der Waals surface area contributed by atoms with Crippen LogP contribution < -0.4 is 5.73 Å². The van der Waals surface area contributed by atoms with Gasteiger partial charge in [-0.25, -0.2) is 0 Å². The summed E-state index contributed by atoms with van der Waals surface area (Å²) in [5, 5.41) is 1.72.